The van der Waals surface area contributed by atoms with E-state index in [1.807, 2.05) is 60.7 Å². The molecule has 1 saturated carbocycles. The Kier molecular flexibility index (Phi) is 10.9. The summed E-state index contributed by atoms with van der Waals surface area (Å²) < 4.78 is 0. The fraction of sp³-hybridized carbons (Fsp3) is 0.353. The summed E-state index contributed by atoms with van der Waals surface area (Å²) >= 11 is 0. The minimum Gasteiger partial charge on any atom is -0.366 e. The molecule has 0 radical (unpaired) electrons. The SMILES string of the molecule is CNC(=O)[C@H](Cc1ccccc1)NC(=O)[C@H](Cc1ccc(C(N)=O)cc1)NC(=O)C(c1ccccc1)C1CCCCC1. The molecule has 5 N–H and O–H groups in total. The van der Waals surface area contributed by atoms with Crippen molar-refractivity contribution in [3.8, 4) is 0 Å². The summed E-state index contributed by atoms with van der Waals surface area (Å²) in [6, 6.07) is 24.1. The van der Waals surface area contributed by atoms with E-state index in [0.717, 1.165) is 48.8 Å². The van der Waals surface area contributed by atoms with Crippen molar-refractivity contribution in [3.05, 3.63) is 107 Å². The molecule has 0 spiro atoms. The zero-order valence-electron chi connectivity index (χ0n) is 24.1. The number of carbonyl (C=O) groups excluding carboxylic acids is 4. The molecule has 0 heterocycles. The molecule has 8 nitrogen and oxygen atoms in total. The number of likely N-dealkylation sites (N-methyl/N-ethyl adjacent to an activating group) is 1. The number of rotatable bonds is 12. The van der Waals surface area contributed by atoms with Crippen LogP contribution in [0.15, 0.2) is 84.9 Å². The highest BCUT2D eigenvalue weighted by Crippen LogP contribution is 2.36. The van der Waals surface area contributed by atoms with E-state index >= 15 is 0 Å². The van der Waals surface area contributed by atoms with E-state index in [-0.39, 0.29) is 24.2 Å². The minimum atomic E-state index is -0.949. The van der Waals surface area contributed by atoms with Gasteiger partial charge in [-0.15, -0.1) is 0 Å². The molecule has 4 rings (SSSR count). The molecular formula is C34H40N4O4. The minimum absolute atomic E-state index is 0.175. The quantitative estimate of drug-likeness (QED) is 0.266. The van der Waals surface area contributed by atoms with Gasteiger partial charge in [0.2, 0.25) is 23.6 Å². The van der Waals surface area contributed by atoms with Gasteiger partial charge in [-0.25, -0.2) is 0 Å². The highest BCUT2D eigenvalue weighted by Gasteiger charge is 2.34. The average molecular weight is 569 g/mol. The number of nitrogens with two attached hydrogens (primary N) is 1. The van der Waals surface area contributed by atoms with Crippen molar-refractivity contribution >= 4 is 23.6 Å². The van der Waals surface area contributed by atoms with Gasteiger partial charge in [-0.05, 0) is 47.6 Å². The molecule has 1 aliphatic rings. The Morgan fingerprint density at radius 2 is 1.21 bits per heavy atom. The van der Waals surface area contributed by atoms with Crippen LogP contribution in [0.3, 0.4) is 0 Å². The van der Waals surface area contributed by atoms with Crippen LogP contribution in [0.1, 0.15) is 65.1 Å². The highest BCUT2D eigenvalue weighted by molar-refractivity contribution is 5.94. The Labute approximate surface area is 247 Å². The molecule has 3 aromatic carbocycles. The summed E-state index contributed by atoms with van der Waals surface area (Å²) in [5, 5.41) is 8.58. The second-order valence-corrected chi connectivity index (χ2v) is 11.0. The van der Waals surface area contributed by atoms with Gasteiger partial charge in [-0.2, -0.15) is 0 Å². The number of nitrogens with one attached hydrogen (secondary N) is 3. The predicted octanol–water partition coefficient (Wildman–Crippen LogP) is 3.65. The highest BCUT2D eigenvalue weighted by atomic mass is 16.2. The van der Waals surface area contributed by atoms with Crippen molar-refractivity contribution in [2.45, 2.75) is 62.9 Å². The topological polar surface area (TPSA) is 130 Å². The number of amides is 4. The van der Waals surface area contributed by atoms with Crippen LogP contribution in [0, 0.1) is 5.92 Å². The van der Waals surface area contributed by atoms with Crippen LogP contribution in [0.5, 0.6) is 0 Å². The van der Waals surface area contributed by atoms with Crippen LogP contribution < -0.4 is 21.7 Å². The monoisotopic (exact) mass is 568 g/mol. The average Bonchev–Trinajstić information content (AvgIpc) is 3.02. The van der Waals surface area contributed by atoms with Crippen molar-refractivity contribution in [1.29, 1.82) is 0 Å². The van der Waals surface area contributed by atoms with Crippen LogP contribution in [-0.4, -0.2) is 42.8 Å². The van der Waals surface area contributed by atoms with Gasteiger partial charge in [0.25, 0.3) is 0 Å². The lowest BCUT2D eigenvalue weighted by atomic mass is 9.76. The molecule has 4 amide bonds. The molecule has 0 bridgehead atoms. The van der Waals surface area contributed by atoms with Gasteiger partial charge in [0.15, 0.2) is 0 Å². The maximum atomic E-state index is 14.0. The smallest absolute Gasteiger partial charge is 0.248 e. The molecule has 1 aliphatic carbocycles. The summed E-state index contributed by atoms with van der Waals surface area (Å²) in [5.41, 5.74) is 8.33. The third-order valence-electron chi connectivity index (χ3n) is 8.04. The molecule has 3 atom stereocenters. The Morgan fingerprint density at radius 1 is 0.690 bits per heavy atom. The van der Waals surface area contributed by atoms with E-state index in [9.17, 15) is 19.2 Å². The van der Waals surface area contributed by atoms with Crippen LogP contribution in [0.25, 0.3) is 0 Å². The maximum Gasteiger partial charge on any atom is 0.248 e. The van der Waals surface area contributed by atoms with Crippen molar-refractivity contribution in [1.82, 2.24) is 16.0 Å². The van der Waals surface area contributed by atoms with Crippen LogP contribution in [0.4, 0.5) is 0 Å². The predicted molar refractivity (Wildman–Crippen MR) is 162 cm³/mol. The molecule has 0 saturated heterocycles. The lowest BCUT2D eigenvalue weighted by Crippen LogP contribution is -2.55. The molecule has 0 aromatic heterocycles. The van der Waals surface area contributed by atoms with Gasteiger partial charge in [0.1, 0.15) is 12.1 Å². The Bertz CT molecular complexity index is 1340. The van der Waals surface area contributed by atoms with E-state index < -0.39 is 29.8 Å². The molecule has 3 aromatic rings. The second-order valence-electron chi connectivity index (χ2n) is 11.0. The van der Waals surface area contributed by atoms with E-state index in [1.165, 1.54) is 7.05 Å². The Hall–Kier alpha value is -4.46. The van der Waals surface area contributed by atoms with Crippen molar-refractivity contribution in [2.24, 2.45) is 11.7 Å². The van der Waals surface area contributed by atoms with Gasteiger partial charge in [0, 0.05) is 25.5 Å². The largest absolute Gasteiger partial charge is 0.366 e. The lowest BCUT2D eigenvalue weighted by molar-refractivity contribution is -0.132. The first kappa shape index (κ1) is 30.5. The van der Waals surface area contributed by atoms with E-state index in [0.29, 0.717) is 12.0 Å². The summed E-state index contributed by atoms with van der Waals surface area (Å²) in [5.74, 6) is -1.75. The van der Waals surface area contributed by atoms with E-state index in [4.69, 9.17) is 5.73 Å². The summed E-state index contributed by atoms with van der Waals surface area (Å²) in [7, 11) is 1.53. The van der Waals surface area contributed by atoms with E-state index in [1.54, 1.807) is 24.3 Å². The number of primary amides is 1. The fourth-order valence-electron chi connectivity index (χ4n) is 5.78. The summed E-state index contributed by atoms with van der Waals surface area (Å²) in [6.07, 6.45) is 5.69. The lowest BCUT2D eigenvalue weighted by Gasteiger charge is -2.31. The van der Waals surface area contributed by atoms with Crippen molar-refractivity contribution < 1.29 is 19.2 Å². The van der Waals surface area contributed by atoms with Crippen LogP contribution in [-0.2, 0) is 27.2 Å². The number of benzene rings is 3. The first-order valence-corrected chi connectivity index (χ1v) is 14.7. The van der Waals surface area contributed by atoms with Crippen LogP contribution >= 0.6 is 0 Å². The zero-order chi connectivity index (χ0) is 29.9. The van der Waals surface area contributed by atoms with Crippen molar-refractivity contribution in [2.75, 3.05) is 7.05 Å². The first-order valence-electron chi connectivity index (χ1n) is 14.7. The molecular weight excluding hydrogens is 528 g/mol. The maximum absolute atomic E-state index is 14.0. The Morgan fingerprint density at radius 3 is 1.79 bits per heavy atom. The normalized spacial score (nSPS) is 15.5. The summed E-state index contributed by atoms with van der Waals surface area (Å²) in [6.45, 7) is 0. The van der Waals surface area contributed by atoms with E-state index in [2.05, 4.69) is 16.0 Å². The third-order valence-corrected chi connectivity index (χ3v) is 8.04. The standard InChI is InChI=1S/C34H40N4O4/c1-36-32(40)28(21-23-11-5-2-6-12-23)37-33(41)29(22-24-17-19-27(20-18-24)31(35)39)38-34(42)30(25-13-7-3-8-14-25)26-15-9-4-10-16-26/h2-3,5-8,11-14,17-20,26,28-30H,4,9-10,15-16,21-22H2,1H3,(H2,35,39)(H,36,40)(H,37,41)(H,38,42)/t28-,29-,30?/m0/s1. The molecule has 220 valence electrons. The third kappa shape index (κ3) is 8.28. The second kappa shape index (κ2) is 15.0. The fourth-order valence-corrected chi connectivity index (χ4v) is 5.78. The molecule has 1 unspecified atom stereocenters. The van der Waals surface area contributed by atoms with Gasteiger partial charge >= 0.3 is 0 Å². The molecule has 42 heavy (non-hydrogen) atoms. The molecule has 0 aliphatic heterocycles. The number of carbonyl (C=O) groups is 4. The number of hydrogen-bond donors (Lipinski definition) is 4. The van der Waals surface area contributed by atoms with Gasteiger partial charge < -0.3 is 21.7 Å². The zero-order valence-corrected chi connectivity index (χ0v) is 24.1. The van der Waals surface area contributed by atoms with Crippen molar-refractivity contribution in [3.63, 3.8) is 0 Å². The van der Waals surface area contributed by atoms with Gasteiger partial charge in [0.05, 0.1) is 5.92 Å². The molecule has 8 heteroatoms. The number of hydrogen-bond acceptors (Lipinski definition) is 4. The van der Waals surface area contributed by atoms with Crippen LogP contribution in [0.2, 0.25) is 0 Å². The summed E-state index contributed by atoms with van der Waals surface area (Å²) in [4.78, 5) is 52.2. The first-order chi connectivity index (χ1) is 20.4. The molecule has 1 fully saturated rings. The van der Waals surface area contributed by atoms with Gasteiger partial charge in [-0.3, -0.25) is 19.2 Å². The Balaban J connectivity index is 1.60. The van der Waals surface area contributed by atoms with Gasteiger partial charge in [-0.1, -0.05) is 92.1 Å².